The number of pyridine rings is 1. The Morgan fingerprint density at radius 2 is 2.30 bits per heavy atom. The molecule has 1 aliphatic rings. The van der Waals surface area contributed by atoms with Crippen LogP contribution in [0.15, 0.2) is 23.4 Å². The van der Waals surface area contributed by atoms with E-state index in [0.717, 1.165) is 25.9 Å². The van der Waals surface area contributed by atoms with Gasteiger partial charge in [0.05, 0.1) is 11.8 Å². The fourth-order valence-corrected chi connectivity index (χ4v) is 3.34. The van der Waals surface area contributed by atoms with Gasteiger partial charge in [-0.25, -0.2) is 13.1 Å². The predicted molar refractivity (Wildman–Crippen MR) is 75.4 cm³/mol. The molecule has 0 spiro atoms. The number of sulfonamides is 1. The molecule has 2 heterocycles. The van der Waals surface area contributed by atoms with Crippen LogP contribution in [0.4, 0.5) is 5.69 Å². The van der Waals surface area contributed by atoms with Gasteiger partial charge in [-0.2, -0.15) is 0 Å². The van der Waals surface area contributed by atoms with Crippen molar-refractivity contribution in [1.82, 2.24) is 9.71 Å². The Hall–Kier alpha value is -1.22. The molecule has 2 rings (SSSR count). The average Bonchev–Trinajstić information content (AvgIpc) is 2.48. The molecule has 1 aliphatic heterocycles. The molecule has 112 valence electrons. The van der Waals surface area contributed by atoms with Crippen molar-refractivity contribution in [3.8, 4) is 0 Å². The maximum Gasteiger partial charge on any atom is 0.244 e. The van der Waals surface area contributed by atoms with Crippen LogP contribution in [0, 0.1) is 0 Å². The van der Waals surface area contributed by atoms with Gasteiger partial charge in [0.2, 0.25) is 10.0 Å². The lowest BCUT2D eigenvalue weighted by atomic mass is 10.1. The Kier molecular flexibility index (Phi) is 5.30. The van der Waals surface area contributed by atoms with Crippen molar-refractivity contribution in [1.29, 1.82) is 0 Å². The van der Waals surface area contributed by atoms with E-state index < -0.39 is 10.0 Å². The number of nitrogen functional groups attached to an aromatic ring is 1. The zero-order chi connectivity index (χ0) is 14.4. The number of hydrazine groups is 1. The maximum atomic E-state index is 12.2. The molecule has 0 amide bonds. The lowest BCUT2D eigenvalue weighted by molar-refractivity contribution is 0.0123. The van der Waals surface area contributed by atoms with E-state index in [2.05, 4.69) is 15.1 Å². The normalized spacial score (nSPS) is 19.8. The second-order valence-electron chi connectivity index (χ2n) is 4.69. The summed E-state index contributed by atoms with van der Waals surface area (Å²) in [6.07, 6.45) is 6.78. The molecule has 1 fully saturated rings. The Morgan fingerprint density at radius 3 is 3.00 bits per heavy atom. The van der Waals surface area contributed by atoms with Crippen LogP contribution in [0.2, 0.25) is 0 Å². The van der Waals surface area contributed by atoms with E-state index in [4.69, 9.17) is 10.6 Å². The van der Waals surface area contributed by atoms with Crippen LogP contribution >= 0.6 is 0 Å². The highest BCUT2D eigenvalue weighted by Gasteiger charge is 2.19. The van der Waals surface area contributed by atoms with Crippen molar-refractivity contribution in [2.24, 2.45) is 5.84 Å². The maximum absolute atomic E-state index is 12.2. The number of hydrogen-bond donors (Lipinski definition) is 3. The second kappa shape index (κ2) is 6.98. The largest absolute Gasteiger partial charge is 0.378 e. The minimum atomic E-state index is -3.61. The van der Waals surface area contributed by atoms with Crippen molar-refractivity contribution in [2.75, 3.05) is 18.6 Å². The summed E-state index contributed by atoms with van der Waals surface area (Å²) in [5.41, 5.74) is 2.68. The lowest BCUT2D eigenvalue weighted by Gasteiger charge is -2.22. The van der Waals surface area contributed by atoms with Crippen molar-refractivity contribution < 1.29 is 13.2 Å². The van der Waals surface area contributed by atoms with Gasteiger partial charge in [0.25, 0.3) is 0 Å². The summed E-state index contributed by atoms with van der Waals surface area (Å²) in [6, 6.07) is 1.51. The third-order valence-electron chi connectivity index (χ3n) is 3.26. The molecule has 1 unspecified atom stereocenters. The van der Waals surface area contributed by atoms with E-state index in [9.17, 15) is 8.42 Å². The number of ether oxygens (including phenoxy) is 1. The van der Waals surface area contributed by atoms with Gasteiger partial charge in [0, 0.05) is 25.5 Å². The van der Waals surface area contributed by atoms with Crippen LogP contribution in [-0.4, -0.2) is 32.7 Å². The Labute approximate surface area is 118 Å². The molecular formula is C12H20N4O3S. The molecule has 4 N–H and O–H groups in total. The number of nitrogens with two attached hydrogens (primary N) is 1. The van der Waals surface area contributed by atoms with Gasteiger partial charge in [-0.1, -0.05) is 0 Å². The highest BCUT2D eigenvalue weighted by atomic mass is 32.2. The quantitative estimate of drug-likeness (QED) is 0.525. The number of hydrogen-bond acceptors (Lipinski definition) is 6. The molecule has 1 aromatic rings. The van der Waals surface area contributed by atoms with Crippen LogP contribution in [0.5, 0.6) is 0 Å². The van der Waals surface area contributed by atoms with E-state index in [1.165, 1.54) is 18.5 Å². The second-order valence-corrected chi connectivity index (χ2v) is 6.43. The molecular weight excluding hydrogens is 280 g/mol. The first-order valence-electron chi connectivity index (χ1n) is 6.65. The molecule has 0 saturated carbocycles. The molecule has 1 aromatic heterocycles. The van der Waals surface area contributed by atoms with Crippen LogP contribution in [0.1, 0.15) is 25.7 Å². The first-order valence-corrected chi connectivity index (χ1v) is 8.13. The molecule has 1 atom stereocenters. The Bertz CT molecular complexity index is 529. The summed E-state index contributed by atoms with van der Waals surface area (Å²) in [6.45, 7) is 1.10. The number of anilines is 1. The van der Waals surface area contributed by atoms with Gasteiger partial charge in [-0.05, 0) is 31.7 Å². The minimum absolute atomic E-state index is 0.0482. The molecule has 0 bridgehead atoms. The molecule has 8 heteroatoms. The minimum Gasteiger partial charge on any atom is -0.378 e. The van der Waals surface area contributed by atoms with Crippen LogP contribution in [0.25, 0.3) is 0 Å². The zero-order valence-electron chi connectivity index (χ0n) is 11.2. The summed E-state index contributed by atoms with van der Waals surface area (Å²) in [5.74, 6) is 5.30. The monoisotopic (exact) mass is 300 g/mol. The smallest absolute Gasteiger partial charge is 0.244 e. The van der Waals surface area contributed by atoms with Crippen molar-refractivity contribution in [3.05, 3.63) is 18.5 Å². The van der Waals surface area contributed by atoms with Crippen LogP contribution in [-0.2, 0) is 14.8 Å². The summed E-state index contributed by atoms with van der Waals surface area (Å²) in [4.78, 5) is 3.87. The Morgan fingerprint density at radius 1 is 1.45 bits per heavy atom. The Balaban J connectivity index is 1.93. The van der Waals surface area contributed by atoms with Gasteiger partial charge in [-0.15, -0.1) is 0 Å². The van der Waals surface area contributed by atoms with Gasteiger partial charge in [0.1, 0.15) is 4.90 Å². The third kappa shape index (κ3) is 3.89. The topological polar surface area (TPSA) is 106 Å². The zero-order valence-corrected chi connectivity index (χ0v) is 12.0. The number of rotatable bonds is 6. The molecule has 20 heavy (non-hydrogen) atoms. The van der Waals surface area contributed by atoms with Crippen LogP contribution in [0.3, 0.4) is 0 Å². The summed E-state index contributed by atoms with van der Waals surface area (Å²) in [7, 11) is -3.61. The molecule has 7 nitrogen and oxygen atoms in total. The highest BCUT2D eigenvalue weighted by Crippen LogP contribution is 2.19. The van der Waals surface area contributed by atoms with Gasteiger partial charge in [0.15, 0.2) is 0 Å². The molecule has 1 saturated heterocycles. The van der Waals surface area contributed by atoms with Crippen molar-refractivity contribution in [3.63, 3.8) is 0 Å². The number of nitrogens with one attached hydrogen (secondary N) is 2. The fraction of sp³-hybridized carbons (Fsp3) is 0.583. The van der Waals surface area contributed by atoms with Crippen molar-refractivity contribution in [2.45, 2.75) is 36.7 Å². The van der Waals surface area contributed by atoms with Crippen LogP contribution < -0.4 is 16.0 Å². The number of aromatic nitrogens is 1. The van der Waals surface area contributed by atoms with E-state index in [1.807, 2.05) is 0 Å². The first-order chi connectivity index (χ1) is 9.63. The van der Waals surface area contributed by atoms with E-state index in [1.54, 1.807) is 0 Å². The lowest BCUT2D eigenvalue weighted by Crippen LogP contribution is -2.30. The van der Waals surface area contributed by atoms with E-state index >= 15 is 0 Å². The van der Waals surface area contributed by atoms with Crippen molar-refractivity contribution >= 4 is 15.7 Å². The standard InChI is InChI=1S/C12H20N4O3S/c13-16-11-5-6-14-9-12(11)20(17,18)15-7-4-10-3-1-2-8-19-10/h5-6,9-10,15H,1-4,7-8,13H2,(H,14,16). The highest BCUT2D eigenvalue weighted by molar-refractivity contribution is 7.89. The molecule has 0 radical (unpaired) electrons. The first kappa shape index (κ1) is 15.2. The molecule has 0 aliphatic carbocycles. The molecule has 0 aromatic carbocycles. The van der Waals surface area contributed by atoms with Gasteiger partial charge in [-0.3, -0.25) is 10.8 Å². The van der Waals surface area contributed by atoms with E-state index in [0.29, 0.717) is 18.7 Å². The third-order valence-corrected chi connectivity index (χ3v) is 4.75. The SMILES string of the molecule is NNc1ccncc1S(=O)(=O)NCCC1CCCCO1. The summed E-state index contributed by atoms with van der Waals surface area (Å²) in [5, 5.41) is 0. The van der Waals surface area contributed by atoms with Gasteiger partial charge >= 0.3 is 0 Å². The average molecular weight is 300 g/mol. The fourth-order valence-electron chi connectivity index (χ4n) is 2.18. The summed E-state index contributed by atoms with van der Waals surface area (Å²) < 4.78 is 32.4. The summed E-state index contributed by atoms with van der Waals surface area (Å²) >= 11 is 0. The predicted octanol–water partition coefficient (Wildman–Crippen LogP) is 0.605. The van der Waals surface area contributed by atoms with E-state index in [-0.39, 0.29) is 11.0 Å². The number of nitrogens with zero attached hydrogens (tertiary/aromatic N) is 1. The van der Waals surface area contributed by atoms with Gasteiger partial charge < -0.3 is 10.2 Å².